The molecule has 0 amide bonds. The van der Waals surface area contributed by atoms with E-state index in [4.69, 9.17) is 0 Å². The van der Waals surface area contributed by atoms with Crippen LogP contribution in [-0.2, 0) is 20.1 Å². The molecule has 0 aliphatic heterocycles. The molecule has 3 aliphatic carbocycles. The second-order valence-electron chi connectivity index (χ2n) is 10.8. The van der Waals surface area contributed by atoms with Gasteiger partial charge in [0.2, 0.25) is 0 Å². The zero-order chi connectivity index (χ0) is 28.3. The van der Waals surface area contributed by atoms with Gasteiger partial charge in [-0.3, -0.25) is 4.79 Å². The van der Waals surface area contributed by atoms with Gasteiger partial charge in [0.1, 0.15) is 5.78 Å². The Labute approximate surface area is 266 Å². The maximum absolute atomic E-state index is 12.2. The van der Waals surface area contributed by atoms with Crippen molar-refractivity contribution in [1.29, 1.82) is 0 Å². The minimum atomic E-state index is 0. The minimum Gasteiger partial charge on any atom is -0.305 e. The molecule has 0 unspecified atom stereocenters. The summed E-state index contributed by atoms with van der Waals surface area (Å²) in [5.74, 6) is 1.19. The van der Waals surface area contributed by atoms with Gasteiger partial charge in [-0.1, -0.05) is 78.4 Å². The molecule has 2 heterocycles. The molecule has 0 saturated heterocycles. The van der Waals surface area contributed by atoms with Crippen LogP contribution in [0, 0.1) is 18.1 Å². The molecule has 0 spiro atoms. The van der Waals surface area contributed by atoms with Crippen molar-refractivity contribution in [3.63, 3.8) is 0 Å². The van der Waals surface area contributed by atoms with Crippen molar-refractivity contribution in [3.8, 4) is 44.8 Å². The Morgan fingerprint density at radius 1 is 0.581 bits per heavy atom. The number of pyridine rings is 2. The van der Waals surface area contributed by atoms with E-state index in [0.29, 0.717) is 11.7 Å². The van der Waals surface area contributed by atoms with Crippen molar-refractivity contribution in [2.75, 3.05) is 0 Å². The quantitative estimate of drug-likeness (QED) is 0.170. The van der Waals surface area contributed by atoms with Gasteiger partial charge in [0.25, 0.3) is 0 Å². The molecule has 1 fully saturated rings. The van der Waals surface area contributed by atoms with Gasteiger partial charge >= 0.3 is 0 Å². The van der Waals surface area contributed by atoms with Gasteiger partial charge in [-0.15, -0.1) is 65.2 Å². The summed E-state index contributed by atoms with van der Waals surface area (Å²) >= 11 is 0. The normalized spacial score (nSPS) is 16.0. The van der Waals surface area contributed by atoms with E-state index in [-0.39, 0.29) is 26.0 Å². The van der Waals surface area contributed by atoms with Crippen molar-refractivity contribution < 1.29 is 24.9 Å². The van der Waals surface area contributed by atoms with Crippen molar-refractivity contribution in [2.45, 2.75) is 18.8 Å². The van der Waals surface area contributed by atoms with Crippen molar-refractivity contribution in [1.82, 2.24) is 9.97 Å². The van der Waals surface area contributed by atoms with Gasteiger partial charge in [-0.05, 0) is 64.5 Å². The number of aromatic nitrogens is 2. The number of hydrogen-bond donors (Lipinski definition) is 0. The standard InChI is InChI=1S/C23H16N.C16H12NO.Ir/c1-3-7-18(8-4-1)19-11-13-20(14-12-19)22-15-16-24-23(17-22)21-9-5-2-6-10-21;18-16-12-7-11(8-12)13-5-4-10(9-14(13)16)15-3-1-2-6-17-15;/h1-9,11-17H;1-3,5-6,9,11-12H,7-8H2;/q2*-1;. The van der Waals surface area contributed by atoms with E-state index in [2.05, 4.69) is 76.7 Å². The summed E-state index contributed by atoms with van der Waals surface area (Å²) in [5.41, 5.74) is 10.7. The molecule has 4 heteroatoms. The molecule has 3 aliphatic rings. The molecular weight excluding hydrogens is 705 g/mol. The number of rotatable bonds is 4. The number of hydrogen-bond acceptors (Lipinski definition) is 3. The zero-order valence-corrected chi connectivity index (χ0v) is 25.8. The molecule has 1 saturated carbocycles. The van der Waals surface area contributed by atoms with E-state index in [0.717, 1.165) is 46.5 Å². The van der Waals surface area contributed by atoms with E-state index in [9.17, 15) is 4.79 Å². The number of ketones is 1. The van der Waals surface area contributed by atoms with Crippen LogP contribution in [0.25, 0.3) is 44.8 Å². The van der Waals surface area contributed by atoms with Crippen LogP contribution < -0.4 is 0 Å². The van der Waals surface area contributed by atoms with Crippen LogP contribution in [0.1, 0.15) is 34.7 Å². The smallest absolute Gasteiger partial charge is 0.148 e. The molecular formula is C39H28IrN2O-2. The average Bonchev–Trinajstić information content (AvgIpc) is 3.06. The van der Waals surface area contributed by atoms with Gasteiger partial charge in [-0.2, -0.15) is 0 Å². The second kappa shape index (κ2) is 12.8. The molecule has 43 heavy (non-hydrogen) atoms. The van der Waals surface area contributed by atoms with Crippen molar-refractivity contribution >= 4 is 5.78 Å². The minimum absolute atomic E-state index is 0. The fourth-order valence-electron chi connectivity index (χ4n) is 5.83. The number of carbonyl (C=O) groups excluding carboxylic acids is 1. The summed E-state index contributed by atoms with van der Waals surface area (Å²) in [6.07, 6.45) is 5.71. The molecule has 0 N–H and O–H groups in total. The number of benzene rings is 4. The van der Waals surface area contributed by atoms with Gasteiger partial charge in [0.15, 0.2) is 0 Å². The zero-order valence-electron chi connectivity index (χ0n) is 23.4. The molecule has 6 aromatic rings. The van der Waals surface area contributed by atoms with Crippen LogP contribution in [0.5, 0.6) is 0 Å². The van der Waals surface area contributed by atoms with Gasteiger partial charge in [0, 0.05) is 38.4 Å². The third-order valence-electron chi connectivity index (χ3n) is 8.21. The Morgan fingerprint density at radius 3 is 2.00 bits per heavy atom. The first-order valence-corrected chi connectivity index (χ1v) is 14.3. The first-order chi connectivity index (χ1) is 20.7. The molecule has 2 bridgehead atoms. The van der Waals surface area contributed by atoms with E-state index >= 15 is 0 Å². The van der Waals surface area contributed by atoms with Crippen LogP contribution >= 0.6 is 0 Å². The summed E-state index contributed by atoms with van der Waals surface area (Å²) in [6.45, 7) is 0. The second-order valence-corrected chi connectivity index (χ2v) is 10.8. The van der Waals surface area contributed by atoms with Crippen LogP contribution in [0.15, 0.2) is 134 Å². The Bertz CT molecular complexity index is 1830. The third-order valence-corrected chi connectivity index (χ3v) is 8.21. The Morgan fingerprint density at radius 2 is 1.28 bits per heavy atom. The summed E-state index contributed by atoms with van der Waals surface area (Å²) in [4.78, 5) is 21.0. The first kappa shape index (κ1) is 28.6. The summed E-state index contributed by atoms with van der Waals surface area (Å²) in [6, 6.07) is 47.4. The average molecular weight is 733 g/mol. The number of nitrogens with zero attached hydrogens (tertiary/aromatic N) is 2. The summed E-state index contributed by atoms with van der Waals surface area (Å²) < 4.78 is 0. The van der Waals surface area contributed by atoms with Crippen LogP contribution in [0.3, 0.4) is 0 Å². The summed E-state index contributed by atoms with van der Waals surface area (Å²) in [7, 11) is 0. The molecule has 4 aromatic carbocycles. The largest absolute Gasteiger partial charge is 0.305 e. The topological polar surface area (TPSA) is 42.9 Å². The molecule has 211 valence electrons. The van der Waals surface area contributed by atoms with E-state index in [1.807, 2.05) is 72.9 Å². The van der Waals surface area contributed by atoms with Crippen LogP contribution in [-0.4, -0.2) is 15.8 Å². The predicted octanol–water partition coefficient (Wildman–Crippen LogP) is 9.12. The number of Topliss-reactive ketones (excluding diaryl/α,β-unsaturated/α-hetero) is 1. The Balaban J connectivity index is 0.000000155. The molecule has 1 radical (unpaired) electrons. The van der Waals surface area contributed by atoms with Crippen LogP contribution in [0.2, 0.25) is 0 Å². The van der Waals surface area contributed by atoms with E-state index in [1.165, 1.54) is 22.3 Å². The third kappa shape index (κ3) is 6.03. The Kier molecular flexibility index (Phi) is 8.51. The first-order valence-electron chi connectivity index (χ1n) is 14.3. The van der Waals surface area contributed by atoms with Gasteiger partial charge < -0.3 is 9.97 Å². The fraction of sp³-hybridized carbons (Fsp3) is 0.103. The van der Waals surface area contributed by atoms with Gasteiger partial charge in [-0.25, -0.2) is 0 Å². The maximum atomic E-state index is 12.2. The molecule has 0 atom stereocenters. The van der Waals surface area contributed by atoms with Crippen molar-refractivity contribution in [3.05, 3.63) is 157 Å². The molecule has 9 rings (SSSR count). The maximum Gasteiger partial charge on any atom is 0.148 e. The van der Waals surface area contributed by atoms with Crippen LogP contribution in [0.4, 0.5) is 0 Å². The van der Waals surface area contributed by atoms with Crippen molar-refractivity contribution in [2.24, 2.45) is 5.92 Å². The summed E-state index contributed by atoms with van der Waals surface area (Å²) in [5, 5.41) is 0. The monoisotopic (exact) mass is 733 g/mol. The SMILES string of the molecule is O=C1c2cc(-c3ccccn3)[c-]cc2C2CC1C2.[Ir].[c-]1ccccc1-c1cc(-c2ccc(-c3ccccc3)cc2)ccn1. The van der Waals surface area contributed by atoms with Gasteiger partial charge in [0.05, 0.1) is 0 Å². The van der Waals surface area contributed by atoms with E-state index in [1.54, 1.807) is 6.20 Å². The molecule has 2 aromatic heterocycles. The molecule has 3 nitrogen and oxygen atoms in total. The predicted molar refractivity (Wildman–Crippen MR) is 168 cm³/mol. The van der Waals surface area contributed by atoms with E-state index < -0.39 is 0 Å². The number of carbonyl (C=O) groups is 1. The Hall–Kier alpha value is -4.50. The fourth-order valence-corrected chi connectivity index (χ4v) is 5.83.